The molecule has 2 aromatic carbocycles. The number of para-hydroxylation sites is 2. The number of carbonyl (C=O) groups is 1. The third-order valence-electron chi connectivity index (χ3n) is 4.85. The maximum atomic E-state index is 12.5. The number of aromatic nitrogens is 2. The molecule has 1 N–H and O–H groups in total. The SMILES string of the molecule is CCn1c(SCC(=O)NCC(c2ccc(C)cc2)N(C)C)nc2ccccc21. The lowest BCUT2D eigenvalue weighted by atomic mass is 10.0. The molecule has 0 spiro atoms. The van der Waals surface area contributed by atoms with E-state index in [2.05, 4.69) is 63.9 Å². The average molecular weight is 397 g/mol. The van der Waals surface area contributed by atoms with Gasteiger partial charge in [0.2, 0.25) is 5.91 Å². The van der Waals surface area contributed by atoms with Crippen LogP contribution >= 0.6 is 11.8 Å². The number of nitrogens with zero attached hydrogens (tertiary/aromatic N) is 3. The van der Waals surface area contributed by atoms with Crippen LogP contribution in [0.25, 0.3) is 11.0 Å². The minimum atomic E-state index is 0.0265. The minimum Gasteiger partial charge on any atom is -0.353 e. The van der Waals surface area contributed by atoms with Gasteiger partial charge in [0.25, 0.3) is 0 Å². The van der Waals surface area contributed by atoms with Crippen LogP contribution in [0.15, 0.2) is 53.7 Å². The van der Waals surface area contributed by atoms with Gasteiger partial charge in [-0.25, -0.2) is 4.98 Å². The van der Waals surface area contributed by atoms with Gasteiger partial charge in [-0.1, -0.05) is 53.7 Å². The van der Waals surface area contributed by atoms with E-state index in [4.69, 9.17) is 0 Å². The van der Waals surface area contributed by atoms with Gasteiger partial charge in [0.15, 0.2) is 5.16 Å². The predicted molar refractivity (Wildman–Crippen MR) is 117 cm³/mol. The van der Waals surface area contributed by atoms with Crippen molar-refractivity contribution in [2.75, 3.05) is 26.4 Å². The molecule has 1 unspecified atom stereocenters. The van der Waals surface area contributed by atoms with Crippen molar-refractivity contribution in [2.24, 2.45) is 0 Å². The van der Waals surface area contributed by atoms with Crippen molar-refractivity contribution in [1.82, 2.24) is 19.8 Å². The van der Waals surface area contributed by atoms with Gasteiger partial charge < -0.3 is 14.8 Å². The zero-order valence-electron chi connectivity index (χ0n) is 17.0. The minimum absolute atomic E-state index is 0.0265. The number of carbonyl (C=O) groups excluding carboxylic acids is 1. The quantitative estimate of drug-likeness (QED) is 0.587. The van der Waals surface area contributed by atoms with Gasteiger partial charge in [0.05, 0.1) is 22.8 Å². The number of likely N-dealkylation sites (N-methyl/N-ethyl adjacent to an activating group) is 1. The fourth-order valence-electron chi connectivity index (χ4n) is 3.25. The predicted octanol–water partition coefficient (Wildman–Crippen LogP) is 3.88. The Morgan fingerprint density at radius 1 is 1.18 bits per heavy atom. The third-order valence-corrected chi connectivity index (χ3v) is 5.82. The maximum Gasteiger partial charge on any atom is 0.230 e. The highest BCUT2D eigenvalue weighted by Gasteiger charge is 2.16. The third kappa shape index (κ3) is 4.75. The lowest BCUT2D eigenvalue weighted by Crippen LogP contribution is -2.35. The fraction of sp³-hybridized carbons (Fsp3) is 0.364. The Labute approximate surface area is 171 Å². The number of imidazole rings is 1. The maximum absolute atomic E-state index is 12.5. The molecule has 6 heteroatoms. The van der Waals surface area contributed by atoms with Crippen molar-refractivity contribution in [1.29, 1.82) is 0 Å². The molecule has 0 aliphatic heterocycles. The average Bonchev–Trinajstić information content (AvgIpc) is 3.05. The lowest BCUT2D eigenvalue weighted by Gasteiger charge is -2.25. The first-order valence-electron chi connectivity index (χ1n) is 9.57. The molecule has 0 saturated heterocycles. The van der Waals surface area contributed by atoms with E-state index in [0.29, 0.717) is 12.3 Å². The van der Waals surface area contributed by atoms with E-state index in [9.17, 15) is 4.79 Å². The van der Waals surface area contributed by atoms with Crippen LogP contribution in [0.1, 0.15) is 24.1 Å². The molecule has 3 aromatic rings. The van der Waals surface area contributed by atoms with Gasteiger partial charge in [-0.2, -0.15) is 0 Å². The summed E-state index contributed by atoms with van der Waals surface area (Å²) in [6, 6.07) is 16.7. The van der Waals surface area contributed by atoms with Crippen LogP contribution in [0.3, 0.4) is 0 Å². The van der Waals surface area contributed by atoms with Crippen molar-refractivity contribution in [3.8, 4) is 0 Å². The Balaban J connectivity index is 1.60. The van der Waals surface area contributed by atoms with Crippen molar-refractivity contribution in [3.63, 3.8) is 0 Å². The number of aryl methyl sites for hydroxylation is 2. The molecule has 0 bridgehead atoms. The second-order valence-corrected chi connectivity index (χ2v) is 8.05. The fourth-order valence-corrected chi connectivity index (χ4v) is 4.16. The first kappa shape index (κ1) is 20.4. The summed E-state index contributed by atoms with van der Waals surface area (Å²) in [5.41, 5.74) is 4.52. The normalized spacial score (nSPS) is 12.5. The number of amides is 1. The highest BCUT2D eigenvalue weighted by molar-refractivity contribution is 7.99. The second kappa shape index (κ2) is 9.26. The van der Waals surface area contributed by atoms with E-state index in [0.717, 1.165) is 22.7 Å². The van der Waals surface area contributed by atoms with Gasteiger partial charge in [-0.3, -0.25) is 4.79 Å². The summed E-state index contributed by atoms with van der Waals surface area (Å²) in [4.78, 5) is 19.3. The number of hydrogen-bond donors (Lipinski definition) is 1. The van der Waals surface area contributed by atoms with Crippen LogP contribution in [0, 0.1) is 6.92 Å². The molecule has 1 heterocycles. The first-order valence-corrected chi connectivity index (χ1v) is 10.6. The second-order valence-electron chi connectivity index (χ2n) is 7.11. The van der Waals surface area contributed by atoms with Crippen molar-refractivity contribution >= 4 is 28.7 Å². The molecule has 0 radical (unpaired) electrons. The zero-order chi connectivity index (χ0) is 20.1. The standard InChI is InChI=1S/C22H28N4OS/c1-5-26-19-9-7-6-8-18(19)24-22(26)28-15-21(27)23-14-20(25(3)4)17-12-10-16(2)11-13-17/h6-13,20H,5,14-15H2,1-4H3,(H,23,27). The van der Waals surface area contributed by atoms with E-state index in [-0.39, 0.29) is 11.9 Å². The molecular weight excluding hydrogens is 368 g/mol. The molecule has 3 rings (SSSR count). The largest absolute Gasteiger partial charge is 0.353 e. The highest BCUT2D eigenvalue weighted by Crippen LogP contribution is 2.24. The highest BCUT2D eigenvalue weighted by atomic mass is 32.2. The van der Waals surface area contributed by atoms with Gasteiger partial charge in [0, 0.05) is 13.1 Å². The van der Waals surface area contributed by atoms with Crippen LogP contribution in [0.4, 0.5) is 0 Å². The molecule has 0 aliphatic carbocycles. The Kier molecular flexibility index (Phi) is 6.75. The summed E-state index contributed by atoms with van der Waals surface area (Å²) in [7, 11) is 4.07. The Morgan fingerprint density at radius 3 is 2.57 bits per heavy atom. The Morgan fingerprint density at radius 2 is 1.89 bits per heavy atom. The van der Waals surface area contributed by atoms with Gasteiger partial charge in [-0.05, 0) is 45.6 Å². The van der Waals surface area contributed by atoms with E-state index < -0.39 is 0 Å². The summed E-state index contributed by atoms with van der Waals surface area (Å²) >= 11 is 1.49. The van der Waals surface area contributed by atoms with E-state index in [1.807, 2.05) is 32.3 Å². The smallest absolute Gasteiger partial charge is 0.230 e. The van der Waals surface area contributed by atoms with Gasteiger partial charge in [-0.15, -0.1) is 0 Å². The van der Waals surface area contributed by atoms with Gasteiger partial charge >= 0.3 is 0 Å². The molecule has 0 fully saturated rings. The summed E-state index contributed by atoms with van der Waals surface area (Å²) in [5.74, 6) is 0.385. The summed E-state index contributed by atoms with van der Waals surface area (Å²) in [6.45, 7) is 5.60. The van der Waals surface area contributed by atoms with E-state index in [1.54, 1.807) is 0 Å². The van der Waals surface area contributed by atoms with Crippen LogP contribution < -0.4 is 5.32 Å². The number of benzene rings is 2. The lowest BCUT2D eigenvalue weighted by molar-refractivity contribution is -0.118. The van der Waals surface area contributed by atoms with Crippen molar-refractivity contribution < 1.29 is 4.79 Å². The number of rotatable bonds is 8. The summed E-state index contributed by atoms with van der Waals surface area (Å²) in [5, 5.41) is 3.97. The zero-order valence-corrected chi connectivity index (χ0v) is 17.8. The molecule has 1 amide bonds. The molecule has 28 heavy (non-hydrogen) atoms. The summed E-state index contributed by atoms with van der Waals surface area (Å²) in [6.07, 6.45) is 0. The van der Waals surface area contributed by atoms with Crippen LogP contribution in [0.5, 0.6) is 0 Å². The monoisotopic (exact) mass is 396 g/mol. The number of nitrogens with one attached hydrogen (secondary N) is 1. The first-order chi connectivity index (χ1) is 13.5. The van der Waals surface area contributed by atoms with Crippen LogP contribution in [-0.2, 0) is 11.3 Å². The van der Waals surface area contributed by atoms with E-state index >= 15 is 0 Å². The van der Waals surface area contributed by atoms with Gasteiger partial charge in [0.1, 0.15) is 0 Å². The molecule has 5 nitrogen and oxygen atoms in total. The Hall–Kier alpha value is -2.31. The van der Waals surface area contributed by atoms with Crippen molar-refractivity contribution in [2.45, 2.75) is 31.6 Å². The number of hydrogen-bond acceptors (Lipinski definition) is 4. The van der Waals surface area contributed by atoms with E-state index in [1.165, 1.54) is 22.9 Å². The Bertz CT molecular complexity index is 933. The number of thioether (sulfide) groups is 1. The van der Waals surface area contributed by atoms with Crippen LogP contribution in [0.2, 0.25) is 0 Å². The molecule has 0 saturated carbocycles. The van der Waals surface area contributed by atoms with Crippen LogP contribution in [-0.4, -0.2) is 46.8 Å². The molecule has 0 aliphatic rings. The topological polar surface area (TPSA) is 50.2 Å². The molecular formula is C22H28N4OS. The number of fused-ring (bicyclic) bond motifs is 1. The molecule has 1 atom stereocenters. The molecule has 148 valence electrons. The summed E-state index contributed by atoms with van der Waals surface area (Å²) < 4.78 is 2.15. The van der Waals surface area contributed by atoms with Crippen molar-refractivity contribution in [3.05, 3.63) is 59.7 Å². The molecule has 1 aromatic heterocycles.